The molecular weight excluding hydrogens is 288 g/mol. The van der Waals surface area contributed by atoms with Gasteiger partial charge in [0.2, 0.25) is 5.91 Å². The first-order valence-corrected chi connectivity index (χ1v) is 7.91. The highest BCUT2D eigenvalue weighted by Crippen LogP contribution is 2.28. The summed E-state index contributed by atoms with van der Waals surface area (Å²) in [6.45, 7) is 1.78. The van der Waals surface area contributed by atoms with Crippen molar-refractivity contribution in [2.75, 3.05) is 30.8 Å². The number of hydrogen-bond donors (Lipinski definition) is 2. The fourth-order valence-electron chi connectivity index (χ4n) is 2.89. The van der Waals surface area contributed by atoms with Gasteiger partial charge in [-0.1, -0.05) is 18.2 Å². The maximum atomic E-state index is 13.0. The number of likely N-dealkylation sites (tertiary alicyclic amines) is 1. The molecule has 1 aromatic carbocycles. The van der Waals surface area contributed by atoms with E-state index in [4.69, 9.17) is 0 Å². The number of amides is 1. The number of anilines is 2. The molecule has 0 aliphatic carbocycles. The number of carbonyl (C=O) groups excluding carboxylic acids is 1. The molecule has 5 heteroatoms. The normalized spacial score (nSPS) is 17.4. The molecule has 1 aromatic heterocycles. The summed E-state index contributed by atoms with van der Waals surface area (Å²) in [7, 11) is 2.09. The molecule has 2 heterocycles. The van der Waals surface area contributed by atoms with Crippen LogP contribution < -0.4 is 10.6 Å². The molecule has 0 radical (unpaired) electrons. The van der Waals surface area contributed by atoms with E-state index in [9.17, 15) is 4.79 Å². The first kappa shape index (κ1) is 15.5. The van der Waals surface area contributed by atoms with Crippen molar-refractivity contribution in [1.29, 1.82) is 0 Å². The van der Waals surface area contributed by atoms with E-state index in [0.29, 0.717) is 0 Å². The number of benzene rings is 1. The second-order valence-corrected chi connectivity index (χ2v) is 6.07. The molecule has 1 aliphatic heterocycles. The van der Waals surface area contributed by atoms with Crippen LogP contribution in [-0.4, -0.2) is 41.5 Å². The number of nitrogens with one attached hydrogen (secondary N) is 2. The molecule has 23 heavy (non-hydrogen) atoms. The van der Waals surface area contributed by atoms with Crippen LogP contribution in [0.1, 0.15) is 12.8 Å². The zero-order chi connectivity index (χ0) is 16.1. The standard InChI is InChI=1S/C18H22N4O/c1-22-12-9-18(10-13-22,21-15-6-3-2-4-7-15)17(23)20-16-8-5-11-19-14-16/h2-8,11,14,21H,9-10,12-13H2,1H3,(H,20,23). The molecule has 0 unspecified atom stereocenters. The first-order valence-electron chi connectivity index (χ1n) is 7.91. The third-order valence-electron chi connectivity index (χ3n) is 4.35. The van der Waals surface area contributed by atoms with E-state index >= 15 is 0 Å². The summed E-state index contributed by atoms with van der Waals surface area (Å²) in [6, 6.07) is 13.6. The van der Waals surface area contributed by atoms with Crippen LogP contribution >= 0.6 is 0 Å². The lowest BCUT2D eigenvalue weighted by atomic mass is 9.86. The number of aromatic nitrogens is 1. The minimum Gasteiger partial charge on any atom is -0.371 e. The molecule has 3 rings (SSSR count). The van der Waals surface area contributed by atoms with Crippen LogP contribution in [0.15, 0.2) is 54.9 Å². The van der Waals surface area contributed by atoms with E-state index in [2.05, 4.69) is 27.6 Å². The topological polar surface area (TPSA) is 57.3 Å². The molecule has 0 spiro atoms. The fraction of sp³-hybridized carbons (Fsp3) is 0.333. The summed E-state index contributed by atoms with van der Waals surface area (Å²) in [5.74, 6) is 0.00227. The predicted molar refractivity (Wildman–Crippen MR) is 92.4 cm³/mol. The highest BCUT2D eigenvalue weighted by molar-refractivity contribution is 6.00. The van der Waals surface area contributed by atoms with Crippen molar-refractivity contribution < 1.29 is 4.79 Å². The maximum Gasteiger partial charge on any atom is 0.250 e. The van der Waals surface area contributed by atoms with Crippen molar-refractivity contribution >= 4 is 17.3 Å². The van der Waals surface area contributed by atoms with Crippen molar-refractivity contribution in [1.82, 2.24) is 9.88 Å². The second-order valence-electron chi connectivity index (χ2n) is 6.07. The van der Waals surface area contributed by atoms with Gasteiger partial charge in [0.25, 0.3) is 0 Å². The summed E-state index contributed by atoms with van der Waals surface area (Å²) in [4.78, 5) is 19.3. The average molecular weight is 310 g/mol. The molecule has 0 bridgehead atoms. The van der Waals surface area contributed by atoms with Gasteiger partial charge in [0.15, 0.2) is 0 Å². The van der Waals surface area contributed by atoms with Gasteiger partial charge in [0.05, 0.1) is 11.9 Å². The average Bonchev–Trinajstić information content (AvgIpc) is 2.59. The molecule has 1 fully saturated rings. The van der Waals surface area contributed by atoms with Gasteiger partial charge in [-0.25, -0.2) is 0 Å². The van der Waals surface area contributed by atoms with Gasteiger partial charge >= 0.3 is 0 Å². The molecule has 120 valence electrons. The number of para-hydroxylation sites is 1. The summed E-state index contributed by atoms with van der Waals surface area (Å²) < 4.78 is 0. The number of rotatable bonds is 4. The quantitative estimate of drug-likeness (QED) is 0.911. The fourth-order valence-corrected chi connectivity index (χ4v) is 2.89. The first-order chi connectivity index (χ1) is 11.2. The SMILES string of the molecule is CN1CCC(Nc2ccccc2)(C(=O)Nc2cccnc2)CC1. The van der Waals surface area contributed by atoms with Gasteiger partial charge < -0.3 is 15.5 Å². The van der Waals surface area contributed by atoms with Gasteiger partial charge in [0, 0.05) is 25.0 Å². The van der Waals surface area contributed by atoms with Crippen LogP contribution in [0, 0.1) is 0 Å². The van der Waals surface area contributed by atoms with Gasteiger partial charge in [-0.15, -0.1) is 0 Å². The molecular formula is C18H22N4O. The second kappa shape index (κ2) is 6.79. The van der Waals surface area contributed by atoms with E-state index in [1.807, 2.05) is 42.5 Å². The number of pyridine rings is 1. The minimum absolute atomic E-state index is 0.00227. The van der Waals surface area contributed by atoms with Crippen LogP contribution in [0.3, 0.4) is 0 Å². The van der Waals surface area contributed by atoms with E-state index < -0.39 is 5.54 Å². The Hall–Kier alpha value is -2.40. The molecule has 1 saturated heterocycles. The zero-order valence-corrected chi connectivity index (χ0v) is 13.3. The van der Waals surface area contributed by atoms with Crippen LogP contribution in [0.2, 0.25) is 0 Å². The van der Waals surface area contributed by atoms with Crippen molar-refractivity contribution in [3.05, 3.63) is 54.9 Å². The van der Waals surface area contributed by atoms with Gasteiger partial charge in [-0.3, -0.25) is 9.78 Å². The number of hydrogen-bond acceptors (Lipinski definition) is 4. The molecule has 2 N–H and O–H groups in total. The molecule has 2 aromatic rings. The van der Waals surface area contributed by atoms with Crippen LogP contribution in [0.25, 0.3) is 0 Å². The Bertz CT molecular complexity index is 637. The zero-order valence-electron chi connectivity index (χ0n) is 13.3. The highest BCUT2D eigenvalue weighted by atomic mass is 16.2. The monoisotopic (exact) mass is 310 g/mol. The Labute approximate surface area is 136 Å². The lowest BCUT2D eigenvalue weighted by Gasteiger charge is -2.40. The number of piperidine rings is 1. The Kier molecular flexibility index (Phi) is 4.57. The Morgan fingerprint density at radius 2 is 1.78 bits per heavy atom. The smallest absolute Gasteiger partial charge is 0.250 e. The van der Waals surface area contributed by atoms with Crippen molar-refractivity contribution in [3.63, 3.8) is 0 Å². The van der Waals surface area contributed by atoms with Gasteiger partial charge in [-0.05, 0) is 44.2 Å². The third-order valence-corrected chi connectivity index (χ3v) is 4.35. The Morgan fingerprint density at radius 1 is 1.09 bits per heavy atom. The van der Waals surface area contributed by atoms with Crippen molar-refractivity contribution in [2.24, 2.45) is 0 Å². The Balaban J connectivity index is 1.81. The molecule has 1 aliphatic rings. The molecule has 1 amide bonds. The van der Waals surface area contributed by atoms with Crippen molar-refractivity contribution in [3.8, 4) is 0 Å². The number of carbonyl (C=O) groups is 1. The maximum absolute atomic E-state index is 13.0. The predicted octanol–water partition coefficient (Wildman–Crippen LogP) is 2.60. The summed E-state index contributed by atoms with van der Waals surface area (Å²) in [5.41, 5.74) is 1.10. The molecule has 0 saturated carbocycles. The van der Waals surface area contributed by atoms with E-state index in [-0.39, 0.29) is 5.91 Å². The minimum atomic E-state index is -0.594. The summed E-state index contributed by atoms with van der Waals surface area (Å²) >= 11 is 0. The van der Waals surface area contributed by atoms with E-state index in [1.165, 1.54) is 0 Å². The Morgan fingerprint density at radius 3 is 2.43 bits per heavy atom. The number of nitrogens with zero attached hydrogens (tertiary/aromatic N) is 2. The molecule has 5 nitrogen and oxygen atoms in total. The third kappa shape index (κ3) is 3.68. The van der Waals surface area contributed by atoms with E-state index in [0.717, 1.165) is 37.3 Å². The summed E-state index contributed by atoms with van der Waals surface area (Å²) in [5, 5.41) is 6.48. The van der Waals surface area contributed by atoms with Gasteiger partial charge in [0.1, 0.15) is 5.54 Å². The summed E-state index contributed by atoms with van der Waals surface area (Å²) in [6.07, 6.45) is 4.90. The van der Waals surface area contributed by atoms with Gasteiger partial charge in [-0.2, -0.15) is 0 Å². The van der Waals surface area contributed by atoms with E-state index in [1.54, 1.807) is 12.4 Å². The highest BCUT2D eigenvalue weighted by Gasteiger charge is 2.40. The van der Waals surface area contributed by atoms with Crippen molar-refractivity contribution in [2.45, 2.75) is 18.4 Å². The molecule has 0 atom stereocenters. The largest absolute Gasteiger partial charge is 0.371 e. The van der Waals surface area contributed by atoms with Crippen LogP contribution in [0.5, 0.6) is 0 Å². The lowest BCUT2D eigenvalue weighted by molar-refractivity contribution is -0.121. The van der Waals surface area contributed by atoms with Crippen LogP contribution in [-0.2, 0) is 4.79 Å². The van der Waals surface area contributed by atoms with Crippen LogP contribution in [0.4, 0.5) is 11.4 Å². The lowest BCUT2D eigenvalue weighted by Crippen LogP contribution is -2.56.